The molecule has 0 amide bonds. The second-order valence-corrected chi connectivity index (χ2v) is 5.36. The molecule has 0 aliphatic rings. The molecule has 0 aromatic carbocycles. The van der Waals surface area contributed by atoms with Gasteiger partial charge in [-0.15, -0.1) is 0 Å². The SMILES string of the molecule is CCCCCC(C)(CC)C(CC)CCC. The van der Waals surface area contributed by atoms with E-state index >= 15 is 0 Å². The molecule has 0 nitrogen and oxygen atoms in total. The molecule has 0 aliphatic carbocycles. The summed E-state index contributed by atoms with van der Waals surface area (Å²) in [4.78, 5) is 0. The Bertz CT molecular complexity index is 139. The molecule has 0 N–H and O–H groups in total. The van der Waals surface area contributed by atoms with E-state index in [1.807, 2.05) is 0 Å². The van der Waals surface area contributed by atoms with E-state index < -0.39 is 0 Å². The van der Waals surface area contributed by atoms with Crippen LogP contribution in [0.5, 0.6) is 0 Å². The first-order valence-electron chi connectivity index (χ1n) is 7.14. The zero-order valence-electron chi connectivity index (χ0n) is 11.7. The molecule has 0 saturated carbocycles. The zero-order chi connectivity index (χ0) is 11.7. The third-order valence-electron chi connectivity index (χ3n) is 4.27. The highest BCUT2D eigenvalue weighted by Crippen LogP contribution is 2.40. The van der Waals surface area contributed by atoms with Crippen LogP contribution in [-0.4, -0.2) is 0 Å². The lowest BCUT2D eigenvalue weighted by molar-refractivity contribution is 0.139. The zero-order valence-corrected chi connectivity index (χ0v) is 11.7. The van der Waals surface area contributed by atoms with Crippen LogP contribution in [0, 0.1) is 11.3 Å². The fraction of sp³-hybridized carbons (Fsp3) is 1.00. The average Bonchev–Trinajstić information content (AvgIpc) is 2.26. The molecule has 0 bridgehead atoms. The largest absolute Gasteiger partial charge is 0.0654 e. The van der Waals surface area contributed by atoms with Crippen LogP contribution in [0.4, 0.5) is 0 Å². The molecule has 0 aliphatic heterocycles. The summed E-state index contributed by atoms with van der Waals surface area (Å²) in [6.07, 6.45) is 11.1. The molecule has 0 radical (unpaired) electrons. The molecule has 0 aromatic rings. The lowest BCUT2D eigenvalue weighted by atomic mass is 9.69. The van der Waals surface area contributed by atoms with Crippen LogP contribution in [0.3, 0.4) is 0 Å². The molecule has 0 fully saturated rings. The van der Waals surface area contributed by atoms with E-state index in [1.165, 1.54) is 51.4 Å². The maximum Gasteiger partial charge on any atom is -0.0300 e. The average molecular weight is 212 g/mol. The minimum atomic E-state index is 0.611. The Hall–Kier alpha value is 0. The molecule has 0 heteroatoms. The molecule has 0 aromatic heterocycles. The van der Waals surface area contributed by atoms with Gasteiger partial charge < -0.3 is 0 Å². The molecule has 15 heavy (non-hydrogen) atoms. The van der Waals surface area contributed by atoms with Crippen molar-refractivity contribution < 1.29 is 0 Å². The van der Waals surface area contributed by atoms with Crippen molar-refractivity contribution in [3.8, 4) is 0 Å². The molecule has 0 spiro atoms. The van der Waals surface area contributed by atoms with Crippen molar-refractivity contribution in [3.63, 3.8) is 0 Å². The first-order valence-corrected chi connectivity index (χ1v) is 7.14. The highest BCUT2D eigenvalue weighted by molar-refractivity contribution is 4.80. The summed E-state index contributed by atoms with van der Waals surface area (Å²) >= 11 is 0. The Morgan fingerprint density at radius 3 is 2.00 bits per heavy atom. The van der Waals surface area contributed by atoms with E-state index in [4.69, 9.17) is 0 Å². The Balaban J connectivity index is 4.22. The summed E-state index contributed by atoms with van der Waals surface area (Å²) in [6.45, 7) is 11.9. The lowest BCUT2D eigenvalue weighted by Crippen LogP contribution is -2.26. The van der Waals surface area contributed by atoms with Crippen LogP contribution in [0.15, 0.2) is 0 Å². The van der Waals surface area contributed by atoms with Crippen molar-refractivity contribution in [2.45, 2.75) is 86.0 Å². The quantitative estimate of drug-likeness (QED) is 0.423. The van der Waals surface area contributed by atoms with Gasteiger partial charge in [0.2, 0.25) is 0 Å². The van der Waals surface area contributed by atoms with Gasteiger partial charge in [-0.25, -0.2) is 0 Å². The van der Waals surface area contributed by atoms with Crippen LogP contribution in [0.1, 0.15) is 86.0 Å². The molecular formula is C15H32. The highest BCUT2D eigenvalue weighted by Gasteiger charge is 2.29. The number of rotatable bonds is 9. The summed E-state index contributed by atoms with van der Waals surface area (Å²) in [5.41, 5.74) is 0.611. The van der Waals surface area contributed by atoms with Gasteiger partial charge in [-0.05, 0) is 17.8 Å². The Kier molecular flexibility index (Phi) is 8.19. The predicted octanol–water partition coefficient (Wildman–Crippen LogP) is 5.81. The molecule has 92 valence electrons. The van der Waals surface area contributed by atoms with E-state index in [0.29, 0.717) is 5.41 Å². The van der Waals surface area contributed by atoms with Gasteiger partial charge in [-0.2, -0.15) is 0 Å². The van der Waals surface area contributed by atoms with Crippen LogP contribution in [0.25, 0.3) is 0 Å². The first-order chi connectivity index (χ1) is 7.14. The van der Waals surface area contributed by atoms with Gasteiger partial charge in [0, 0.05) is 0 Å². The van der Waals surface area contributed by atoms with E-state index in [9.17, 15) is 0 Å². The topological polar surface area (TPSA) is 0 Å². The minimum absolute atomic E-state index is 0.611. The van der Waals surface area contributed by atoms with Gasteiger partial charge >= 0.3 is 0 Å². The van der Waals surface area contributed by atoms with Gasteiger partial charge in [-0.1, -0.05) is 79.6 Å². The van der Waals surface area contributed by atoms with E-state index in [0.717, 1.165) is 5.92 Å². The van der Waals surface area contributed by atoms with Crippen molar-refractivity contribution in [2.75, 3.05) is 0 Å². The molecule has 0 saturated heterocycles. The number of unbranched alkanes of at least 4 members (excludes halogenated alkanes) is 2. The highest BCUT2D eigenvalue weighted by atomic mass is 14.3. The van der Waals surface area contributed by atoms with Gasteiger partial charge in [0.25, 0.3) is 0 Å². The Morgan fingerprint density at radius 1 is 0.933 bits per heavy atom. The van der Waals surface area contributed by atoms with Gasteiger partial charge in [0.15, 0.2) is 0 Å². The molecule has 0 heterocycles. The third kappa shape index (κ3) is 5.04. The first kappa shape index (κ1) is 15.0. The maximum absolute atomic E-state index is 2.52. The molecule has 2 unspecified atom stereocenters. The van der Waals surface area contributed by atoms with E-state index in [2.05, 4.69) is 34.6 Å². The summed E-state index contributed by atoms with van der Waals surface area (Å²) in [5, 5.41) is 0. The summed E-state index contributed by atoms with van der Waals surface area (Å²) in [5.74, 6) is 0.948. The smallest absolute Gasteiger partial charge is 0.0300 e. The van der Waals surface area contributed by atoms with Crippen LogP contribution in [0.2, 0.25) is 0 Å². The lowest BCUT2D eigenvalue weighted by Gasteiger charge is -2.37. The number of hydrogen-bond donors (Lipinski definition) is 0. The fourth-order valence-corrected chi connectivity index (χ4v) is 2.84. The molecule has 0 rings (SSSR count). The molecule has 2 atom stereocenters. The van der Waals surface area contributed by atoms with Gasteiger partial charge in [0.05, 0.1) is 0 Å². The van der Waals surface area contributed by atoms with Crippen molar-refractivity contribution in [1.29, 1.82) is 0 Å². The second-order valence-electron chi connectivity index (χ2n) is 5.36. The van der Waals surface area contributed by atoms with Crippen molar-refractivity contribution in [3.05, 3.63) is 0 Å². The minimum Gasteiger partial charge on any atom is -0.0654 e. The summed E-state index contributed by atoms with van der Waals surface area (Å²) < 4.78 is 0. The number of hydrogen-bond acceptors (Lipinski definition) is 0. The standard InChI is InChI=1S/C15H32/c1-6-10-11-13-15(5,9-4)14(8-3)12-7-2/h14H,6-13H2,1-5H3. The second kappa shape index (κ2) is 8.19. The normalized spacial score (nSPS) is 17.4. The van der Waals surface area contributed by atoms with Crippen LogP contribution < -0.4 is 0 Å². The van der Waals surface area contributed by atoms with E-state index in [-0.39, 0.29) is 0 Å². The summed E-state index contributed by atoms with van der Waals surface area (Å²) in [6, 6.07) is 0. The van der Waals surface area contributed by atoms with Crippen LogP contribution >= 0.6 is 0 Å². The molecular weight excluding hydrogens is 180 g/mol. The fourth-order valence-electron chi connectivity index (χ4n) is 2.84. The summed E-state index contributed by atoms with van der Waals surface area (Å²) in [7, 11) is 0. The van der Waals surface area contributed by atoms with Gasteiger partial charge in [-0.3, -0.25) is 0 Å². The van der Waals surface area contributed by atoms with Crippen molar-refractivity contribution >= 4 is 0 Å². The Labute approximate surface area is 97.8 Å². The third-order valence-corrected chi connectivity index (χ3v) is 4.27. The predicted molar refractivity (Wildman–Crippen MR) is 71.2 cm³/mol. The van der Waals surface area contributed by atoms with Crippen LogP contribution in [-0.2, 0) is 0 Å². The van der Waals surface area contributed by atoms with Gasteiger partial charge in [0.1, 0.15) is 0 Å². The monoisotopic (exact) mass is 212 g/mol. The maximum atomic E-state index is 2.52. The van der Waals surface area contributed by atoms with E-state index in [1.54, 1.807) is 0 Å². The van der Waals surface area contributed by atoms with Crippen molar-refractivity contribution in [1.82, 2.24) is 0 Å². The Morgan fingerprint density at radius 2 is 1.60 bits per heavy atom. The van der Waals surface area contributed by atoms with Crippen molar-refractivity contribution in [2.24, 2.45) is 11.3 Å².